The molecule has 1 N–H and O–H groups in total. The monoisotopic (exact) mass is 364 g/mol. The number of hydrogen-bond donors (Lipinski definition) is 1. The van der Waals surface area contributed by atoms with Crippen molar-refractivity contribution < 1.29 is 31.4 Å². The number of carbonyl (C=O) groups is 1. The van der Waals surface area contributed by atoms with Crippen LogP contribution in [-0.4, -0.2) is 26.0 Å². The summed E-state index contributed by atoms with van der Waals surface area (Å²) >= 11 is 0. The Hall–Kier alpha value is -2.84. The van der Waals surface area contributed by atoms with Gasteiger partial charge >= 0.3 is 16.4 Å². The van der Waals surface area contributed by atoms with E-state index >= 15 is 0 Å². The van der Waals surface area contributed by atoms with Gasteiger partial charge in [-0.05, 0) is 48.4 Å². The minimum absolute atomic E-state index is 0.134. The Morgan fingerprint density at radius 2 is 1.84 bits per heavy atom. The van der Waals surface area contributed by atoms with Gasteiger partial charge in [0.15, 0.2) is 11.5 Å². The summed E-state index contributed by atoms with van der Waals surface area (Å²) in [5, 5.41) is 0. The maximum Gasteiger partial charge on any atom is 0.446 e. The number of benzene rings is 2. The lowest BCUT2D eigenvalue weighted by Crippen LogP contribution is -2.10. The second-order valence-electron chi connectivity index (χ2n) is 4.90. The second-order valence-corrected chi connectivity index (χ2v) is 5.93. The second kappa shape index (κ2) is 7.82. The Morgan fingerprint density at radius 1 is 1.16 bits per heavy atom. The third-order valence-corrected chi connectivity index (χ3v) is 3.51. The third-order valence-electron chi connectivity index (χ3n) is 3.10. The smallest absolute Gasteiger partial charge is 0.446 e. The van der Waals surface area contributed by atoms with Gasteiger partial charge in [-0.1, -0.05) is 12.1 Å². The molecule has 0 aliphatic heterocycles. The number of esters is 1. The molecule has 0 amide bonds. The molecule has 25 heavy (non-hydrogen) atoms. The van der Waals surface area contributed by atoms with Gasteiger partial charge in [0.2, 0.25) is 0 Å². The topological polar surface area (TPSA) is 99.1 Å². The van der Waals surface area contributed by atoms with Crippen LogP contribution in [0, 0.1) is 0 Å². The maximum atomic E-state index is 12.2. The lowest BCUT2D eigenvalue weighted by molar-refractivity contribution is 0.0729. The van der Waals surface area contributed by atoms with Crippen LogP contribution in [0.2, 0.25) is 0 Å². The molecule has 0 saturated heterocycles. The van der Waals surface area contributed by atoms with Crippen molar-refractivity contribution in [3.8, 4) is 17.2 Å². The lowest BCUT2D eigenvalue weighted by atomic mass is 10.1. The van der Waals surface area contributed by atoms with Gasteiger partial charge in [-0.2, -0.15) is 8.42 Å². The highest BCUT2D eigenvalue weighted by Gasteiger charge is 2.14. The fraction of sp³-hybridized carbons (Fsp3) is 0.118. The lowest BCUT2D eigenvalue weighted by Gasteiger charge is -2.11. The Balaban J connectivity index is 2.15. The van der Waals surface area contributed by atoms with E-state index in [0.717, 1.165) is 5.56 Å². The van der Waals surface area contributed by atoms with E-state index in [1.807, 2.05) is 0 Å². The molecule has 0 aliphatic rings. The first-order chi connectivity index (χ1) is 11.8. The predicted molar refractivity (Wildman–Crippen MR) is 90.5 cm³/mol. The van der Waals surface area contributed by atoms with Crippen molar-refractivity contribution in [2.24, 2.45) is 0 Å². The van der Waals surface area contributed by atoms with E-state index in [-0.39, 0.29) is 17.1 Å². The van der Waals surface area contributed by atoms with Crippen molar-refractivity contribution in [2.45, 2.75) is 6.42 Å². The Labute approximate surface area is 145 Å². The van der Waals surface area contributed by atoms with Crippen LogP contribution in [0.5, 0.6) is 17.2 Å². The minimum Gasteiger partial charge on any atom is -0.493 e. The van der Waals surface area contributed by atoms with Gasteiger partial charge in [-0.25, -0.2) is 4.79 Å². The van der Waals surface area contributed by atoms with E-state index in [4.69, 9.17) is 14.0 Å². The molecule has 0 bridgehead atoms. The largest absolute Gasteiger partial charge is 0.493 e. The summed E-state index contributed by atoms with van der Waals surface area (Å²) in [6.07, 6.45) is 2.40. The molecule has 2 aromatic carbocycles. The van der Waals surface area contributed by atoms with E-state index in [2.05, 4.69) is 10.8 Å². The Kier molecular flexibility index (Phi) is 5.79. The normalized spacial score (nSPS) is 10.8. The Bertz CT molecular complexity index is 870. The first kappa shape index (κ1) is 18.5. The van der Waals surface area contributed by atoms with Gasteiger partial charge in [0.1, 0.15) is 5.75 Å². The van der Waals surface area contributed by atoms with Gasteiger partial charge in [0.25, 0.3) is 0 Å². The number of allylic oxidation sites excluding steroid dienone is 1. The van der Waals surface area contributed by atoms with E-state index < -0.39 is 16.4 Å². The van der Waals surface area contributed by atoms with Crippen molar-refractivity contribution >= 4 is 16.4 Å². The van der Waals surface area contributed by atoms with E-state index in [9.17, 15) is 13.2 Å². The first-order valence-corrected chi connectivity index (χ1v) is 8.46. The minimum atomic E-state index is -4.62. The maximum absolute atomic E-state index is 12.2. The van der Waals surface area contributed by atoms with Gasteiger partial charge in [-0.15, -0.1) is 6.58 Å². The van der Waals surface area contributed by atoms with Gasteiger partial charge < -0.3 is 13.7 Å². The molecule has 0 unspecified atom stereocenters. The van der Waals surface area contributed by atoms with Crippen LogP contribution in [0.1, 0.15) is 15.9 Å². The summed E-state index contributed by atoms with van der Waals surface area (Å²) in [4.78, 5) is 12.2. The fourth-order valence-electron chi connectivity index (χ4n) is 2.02. The molecule has 2 rings (SSSR count). The van der Waals surface area contributed by atoms with Gasteiger partial charge in [-0.3, -0.25) is 4.55 Å². The molecule has 0 radical (unpaired) electrons. The van der Waals surface area contributed by atoms with Crippen molar-refractivity contribution in [1.82, 2.24) is 0 Å². The molecule has 2 aromatic rings. The zero-order valence-corrected chi connectivity index (χ0v) is 14.2. The molecule has 0 fully saturated rings. The van der Waals surface area contributed by atoms with Crippen molar-refractivity contribution in [1.29, 1.82) is 0 Å². The van der Waals surface area contributed by atoms with Crippen LogP contribution in [0.4, 0.5) is 0 Å². The molecule has 7 nitrogen and oxygen atoms in total. The number of hydrogen-bond acceptors (Lipinski definition) is 6. The molecule has 0 spiro atoms. The zero-order valence-electron chi connectivity index (χ0n) is 13.3. The number of carbonyl (C=O) groups excluding carboxylic acids is 1. The highest BCUT2D eigenvalue weighted by Crippen LogP contribution is 2.29. The molecule has 132 valence electrons. The van der Waals surface area contributed by atoms with E-state index in [1.165, 1.54) is 31.4 Å². The highest BCUT2D eigenvalue weighted by molar-refractivity contribution is 7.81. The molecular formula is C17H16O7S. The number of methoxy groups -OCH3 is 1. The van der Waals surface area contributed by atoms with Gasteiger partial charge in [0.05, 0.1) is 12.7 Å². The summed E-state index contributed by atoms with van der Waals surface area (Å²) in [5.41, 5.74) is 1.12. The summed E-state index contributed by atoms with van der Waals surface area (Å²) in [6, 6.07) is 10.2. The molecule has 0 atom stereocenters. The molecule has 0 heterocycles. The summed E-state index contributed by atoms with van der Waals surface area (Å²) in [6.45, 7) is 3.66. The van der Waals surface area contributed by atoms with E-state index in [0.29, 0.717) is 12.2 Å². The van der Waals surface area contributed by atoms with Crippen LogP contribution in [0.25, 0.3) is 0 Å². The van der Waals surface area contributed by atoms with Crippen molar-refractivity contribution in [3.63, 3.8) is 0 Å². The zero-order chi connectivity index (χ0) is 18.4. The van der Waals surface area contributed by atoms with E-state index in [1.54, 1.807) is 24.3 Å². The summed E-state index contributed by atoms with van der Waals surface area (Å²) < 4.78 is 44.6. The van der Waals surface area contributed by atoms with Crippen LogP contribution >= 0.6 is 0 Å². The average Bonchev–Trinajstić information content (AvgIpc) is 2.55. The fourth-order valence-corrected chi connectivity index (χ4v) is 2.37. The molecule has 8 heteroatoms. The van der Waals surface area contributed by atoms with Crippen LogP contribution in [-0.2, 0) is 16.8 Å². The SMILES string of the molecule is C=CCc1ccc(OC(=O)c2ccc(OS(=O)(=O)O)cc2)c(OC)c1. The molecule has 0 saturated carbocycles. The first-order valence-electron chi connectivity index (χ1n) is 7.09. The average molecular weight is 364 g/mol. The van der Waals surface area contributed by atoms with Crippen LogP contribution in [0.15, 0.2) is 55.1 Å². The quantitative estimate of drug-likeness (QED) is 0.349. The predicted octanol–water partition coefficient (Wildman–Crippen LogP) is 2.82. The molecule has 0 aromatic heterocycles. The molecule has 0 aliphatic carbocycles. The van der Waals surface area contributed by atoms with Gasteiger partial charge in [0, 0.05) is 0 Å². The van der Waals surface area contributed by atoms with Crippen LogP contribution in [0.3, 0.4) is 0 Å². The number of rotatable bonds is 7. The Morgan fingerprint density at radius 3 is 2.40 bits per heavy atom. The number of ether oxygens (including phenoxy) is 2. The standard InChI is InChI=1S/C17H16O7S/c1-3-4-12-5-10-15(16(11-12)22-2)23-17(18)13-6-8-14(9-7-13)24-25(19,20)21/h3,5-11H,1,4H2,2H3,(H,19,20,21). The summed E-state index contributed by atoms with van der Waals surface area (Å²) in [5.74, 6) is -0.142. The van der Waals surface area contributed by atoms with Crippen molar-refractivity contribution in [3.05, 3.63) is 66.2 Å². The van der Waals surface area contributed by atoms with Crippen LogP contribution < -0.4 is 13.7 Å². The van der Waals surface area contributed by atoms with Crippen molar-refractivity contribution in [2.75, 3.05) is 7.11 Å². The highest BCUT2D eigenvalue weighted by atomic mass is 32.3. The summed E-state index contributed by atoms with van der Waals surface area (Å²) in [7, 11) is -3.15. The molecular weight excluding hydrogens is 348 g/mol. The third kappa shape index (κ3) is 5.33.